The van der Waals surface area contributed by atoms with Crippen LogP contribution >= 0.6 is 0 Å². The summed E-state index contributed by atoms with van der Waals surface area (Å²) < 4.78 is 22.5. The van der Waals surface area contributed by atoms with Crippen molar-refractivity contribution in [3.8, 4) is 5.75 Å². The summed E-state index contributed by atoms with van der Waals surface area (Å²) in [6.45, 7) is 7.28. The molecule has 150 valence electrons. The second-order valence-electron chi connectivity index (χ2n) is 7.50. The molecule has 0 bridgehead atoms. The minimum absolute atomic E-state index is 0.00326. The van der Waals surface area contributed by atoms with Gasteiger partial charge in [-0.05, 0) is 19.9 Å². The summed E-state index contributed by atoms with van der Waals surface area (Å²) in [7, 11) is 1.71. The first-order valence-corrected chi connectivity index (χ1v) is 9.28. The molecule has 8 nitrogen and oxygen atoms in total. The molecule has 4 rings (SSSR count). The smallest absolute Gasteiger partial charge is 0.341 e. The van der Waals surface area contributed by atoms with Gasteiger partial charge >= 0.3 is 5.97 Å². The average molecular weight is 390 g/mol. The monoisotopic (exact) mass is 390 g/mol. The summed E-state index contributed by atoms with van der Waals surface area (Å²) in [5.74, 6) is -1.62. The molecule has 1 aromatic carbocycles. The Morgan fingerprint density at radius 1 is 1.25 bits per heavy atom. The van der Waals surface area contributed by atoms with Crippen LogP contribution in [0.2, 0.25) is 0 Å². The van der Waals surface area contributed by atoms with Crippen molar-refractivity contribution in [3.63, 3.8) is 0 Å². The molecule has 9 heteroatoms. The fourth-order valence-electron chi connectivity index (χ4n) is 3.93. The van der Waals surface area contributed by atoms with E-state index in [4.69, 9.17) is 4.74 Å². The van der Waals surface area contributed by atoms with Crippen molar-refractivity contribution in [2.75, 3.05) is 49.9 Å². The van der Waals surface area contributed by atoms with Crippen LogP contribution in [0, 0.1) is 5.82 Å². The number of halogens is 1. The second kappa shape index (κ2) is 6.66. The summed E-state index contributed by atoms with van der Waals surface area (Å²) in [4.78, 5) is 28.3. The molecule has 1 aromatic heterocycles. The summed E-state index contributed by atoms with van der Waals surface area (Å²) in [6, 6.07) is 1.56. The van der Waals surface area contributed by atoms with Crippen LogP contribution in [0.4, 0.5) is 10.1 Å². The number of nitrogens with zero attached hydrogens (tertiary/aromatic N) is 4. The fraction of sp³-hybridized carbons (Fsp3) is 0.474. The van der Waals surface area contributed by atoms with Crippen LogP contribution in [0.1, 0.15) is 24.2 Å². The molecular weight excluding hydrogens is 367 g/mol. The minimum Gasteiger partial charge on any atom is -0.477 e. The molecule has 0 saturated carbocycles. The van der Waals surface area contributed by atoms with Gasteiger partial charge in [-0.3, -0.25) is 19.4 Å². The number of aromatic carboxylic acids is 1. The summed E-state index contributed by atoms with van der Waals surface area (Å²) in [5.41, 5.74) is -0.384. The molecule has 1 N–H and O–H groups in total. The molecule has 2 aliphatic rings. The highest BCUT2D eigenvalue weighted by Gasteiger charge is 2.31. The Morgan fingerprint density at radius 2 is 1.93 bits per heavy atom. The summed E-state index contributed by atoms with van der Waals surface area (Å²) in [5, 5.41) is 11.0. The van der Waals surface area contributed by atoms with E-state index in [-0.39, 0.29) is 12.1 Å². The third-order valence-corrected chi connectivity index (χ3v) is 5.51. The van der Waals surface area contributed by atoms with Crippen molar-refractivity contribution in [3.05, 3.63) is 33.9 Å². The Balaban J connectivity index is 1.89. The van der Waals surface area contributed by atoms with Crippen LogP contribution < -0.4 is 20.1 Å². The molecule has 28 heavy (non-hydrogen) atoms. The Morgan fingerprint density at radius 3 is 2.54 bits per heavy atom. The van der Waals surface area contributed by atoms with E-state index < -0.39 is 22.8 Å². The number of carboxylic acids is 1. The van der Waals surface area contributed by atoms with Crippen LogP contribution in [0.15, 0.2) is 17.1 Å². The molecule has 0 spiro atoms. The molecular formula is C19H23FN4O4. The molecule has 0 amide bonds. The predicted octanol–water partition coefficient (Wildman–Crippen LogP) is 1.29. The van der Waals surface area contributed by atoms with E-state index in [1.54, 1.807) is 16.7 Å². The quantitative estimate of drug-likeness (QED) is 0.846. The summed E-state index contributed by atoms with van der Waals surface area (Å²) >= 11 is 0. The van der Waals surface area contributed by atoms with E-state index in [0.717, 1.165) is 19.2 Å². The lowest BCUT2D eigenvalue weighted by Crippen LogP contribution is -2.49. The van der Waals surface area contributed by atoms with Gasteiger partial charge in [0.1, 0.15) is 16.8 Å². The van der Waals surface area contributed by atoms with Gasteiger partial charge in [0.25, 0.3) is 0 Å². The molecule has 0 unspecified atom stereocenters. The highest BCUT2D eigenvalue weighted by Crippen LogP contribution is 2.40. The fourth-order valence-corrected chi connectivity index (χ4v) is 3.93. The van der Waals surface area contributed by atoms with Gasteiger partial charge in [0.15, 0.2) is 18.3 Å². The van der Waals surface area contributed by atoms with E-state index >= 15 is 4.39 Å². The number of anilines is 1. The van der Waals surface area contributed by atoms with Gasteiger partial charge in [0.2, 0.25) is 5.43 Å². The highest BCUT2D eigenvalue weighted by atomic mass is 19.1. The Bertz CT molecular complexity index is 1010. The normalized spacial score (nSPS) is 17.3. The van der Waals surface area contributed by atoms with E-state index in [2.05, 4.69) is 18.7 Å². The maximum absolute atomic E-state index is 15.1. The predicted molar refractivity (Wildman–Crippen MR) is 104 cm³/mol. The third kappa shape index (κ3) is 2.77. The number of piperazine rings is 1. The zero-order chi connectivity index (χ0) is 20.2. The van der Waals surface area contributed by atoms with Crippen LogP contribution in [-0.2, 0) is 0 Å². The highest BCUT2D eigenvalue weighted by molar-refractivity contribution is 5.97. The first kappa shape index (κ1) is 18.5. The van der Waals surface area contributed by atoms with Crippen molar-refractivity contribution in [2.24, 2.45) is 0 Å². The number of carboxylic acid groups (broad SMARTS) is 1. The number of aromatic nitrogens is 1. The number of carbonyl (C=O) groups is 1. The van der Waals surface area contributed by atoms with E-state index in [1.807, 2.05) is 4.90 Å². The van der Waals surface area contributed by atoms with Crippen molar-refractivity contribution >= 4 is 22.6 Å². The number of hydrogen-bond donors (Lipinski definition) is 1. The lowest BCUT2D eigenvalue weighted by atomic mass is 10.1. The molecule has 2 aliphatic heterocycles. The average Bonchev–Trinajstić information content (AvgIpc) is 2.65. The van der Waals surface area contributed by atoms with Gasteiger partial charge in [-0.1, -0.05) is 0 Å². The van der Waals surface area contributed by atoms with Crippen LogP contribution in [-0.4, -0.2) is 66.7 Å². The first-order chi connectivity index (χ1) is 13.3. The third-order valence-electron chi connectivity index (χ3n) is 5.51. The first-order valence-electron chi connectivity index (χ1n) is 9.28. The van der Waals surface area contributed by atoms with Crippen LogP contribution in [0.3, 0.4) is 0 Å². The largest absolute Gasteiger partial charge is 0.477 e. The van der Waals surface area contributed by atoms with E-state index in [1.165, 1.54) is 6.20 Å². The Hall–Kier alpha value is -2.81. The lowest BCUT2D eigenvalue weighted by molar-refractivity contribution is 0.0694. The molecule has 1 fully saturated rings. The van der Waals surface area contributed by atoms with Gasteiger partial charge in [-0.2, -0.15) is 0 Å². The maximum Gasteiger partial charge on any atom is 0.341 e. The number of ether oxygens (including phenoxy) is 1. The van der Waals surface area contributed by atoms with Crippen molar-refractivity contribution < 1.29 is 19.0 Å². The van der Waals surface area contributed by atoms with Gasteiger partial charge in [-0.15, -0.1) is 0 Å². The molecule has 0 radical (unpaired) electrons. The zero-order valence-corrected chi connectivity index (χ0v) is 16.1. The second-order valence-corrected chi connectivity index (χ2v) is 7.50. The SMILES string of the molecule is CC(C)N1CCN(c2c(F)cc3c(=O)c(C(=O)O)cn4c3c2OCN4C)CC1. The van der Waals surface area contributed by atoms with Gasteiger partial charge in [0, 0.05) is 45.5 Å². The minimum atomic E-state index is -1.34. The van der Waals surface area contributed by atoms with Crippen LogP contribution in [0.5, 0.6) is 5.75 Å². The molecule has 2 aromatic rings. The number of benzene rings is 1. The topological polar surface area (TPSA) is 78.2 Å². The zero-order valence-electron chi connectivity index (χ0n) is 16.1. The summed E-state index contributed by atoms with van der Waals surface area (Å²) in [6.07, 6.45) is 1.28. The van der Waals surface area contributed by atoms with E-state index in [0.29, 0.717) is 36.1 Å². The van der Waals surface area contributed by atoms with Gasteiger partial charge < -0.3 is 14.7 Å². The molecule has 1 saturated heterocycles. The number of pyridine rings is 1. The van der Waals surface area contributed by atoms with Gasteiger partial charge in [0.05, 0.1) is 5.39 Å². The van der Waals surface area contributed by atoms with Crippen LogP contribution in [0.25, 0.3) is 10.9 Å². The van der Waals surface area contributed by atoms with Crippen molar-refractivity contribution in [2.45, 2.75) is 19.9 Å². The van der Waals surface area contributed by atoms with E-state index in [9.17, 15) is 14.7 Å². The van der Waals surface area contributed by atoms with Gasteiger partial charge in [-0.25, -0.2) is 9.18 Å². The Labute approximate surface area is 161 Å². The number of hydrogen-bond acceptors (Lipinski definition) is 6. The Kier molecular flexibility index (Phi) is 4.41. The lowest BCUT2D eigenvalue weighted by Gasteiger charge is -2.40. The molecule has 0 atom stereocenters. The molecule has 3 heterocycles. The molecule has 0 aliphatic carbocycles. The standard InChI is InChI=1S/C19H23FN4O4/c1-11(2)22-4-6-23(7-5-22)16-14(20)8-12-15-18(16)28-10-21(3)24(15)9-13(17(12)25)19(26)27/h8-9,11H,4-7,10H2,1-3H3,(H,26,27). The number of rotatable bonds is 3. The maximum atomic E-state index is 15.1. The van der Waals surface area contributed by atoms with Crippen molar-refractivity contribution in [1.82, 2.24) is 9.58 Å². The van der Waals surface area contributed by atoms with Crippen molar-refractivity contribution in [1.29, 1.82) is 0 Å².